The molecule has 1 saturated carbocycles. The fourth-order valence-electron chi connectivity index (χ4n) is 2.08. The maximum absolute atomic E-state index is 2.40. The first-order valence-corrected chi connectivity index (χ1v) is 4.79. The third kappa shape index (κ3) is 2.72. The third-order valence-corrected chi connectivity index (χ3v) is 2.70. The molecule has 0 amide bonds. The minimum Gasteiger partial charge on any atom is -0.0625 e. The second kappa shape index (κ2) is 4.00. The van der Waals surface area contributed by atoms with Gasteiger partial charge >= 0.3 is 0 Å². The molecular weight excluding hydrogens is 120 g/mol. The number of hydrogen-bond acceptors (Lipinski definition) is 0. The van der Waals surface area contributed by atoms with E-state index >= 15 is 0 Å². The molecule has 2 unspecified atom stereocenters. The molecule has 0 aromatic rings. The molecule has 0 aromatic carbocycles. The molecule has 0 N–H and O–H groups in total. The predicted octanol–water partition coefficient (Wildman–Crippen LogP) is 3.61. The molecule has 0 heterocycles. The van der Waals surface area contributed by atoms with Gasteiger partial charge in [-0.3, -0.25) is 0 Å². The molecule has 10 heavy (non-hydrogen) atoms. The zero-order chi connectivity index (χ0) is 7.40. The molecule has 1 fully saturated rings. The SMILES string of the molecule is CC1CCCCCC(C)C1. The molecule has 2 atom stereocenters. The lowest BCUT2D eigenvalue weighted by Gasteiger charge is -2.20. The molecule has 1 rings (SSSR count). The first kappa shape index (κ1) is 8.10. The Balaban J connectivity index is 2.25. The van der Waals surface area contributed by atoms with Gasteiger partial charge in [-0.1, -0.05) is 46.0 Å². The Kier molecular flexibility index (Phi) is 3.24. The third-order valence-electron chi connectivity index (χ3n) is 2.70. The molecule has 0 nitrogen and oxygen atoms in total. The van der Waals surface area contributed by atoms with Crippen LogP contribution in [0, 0.1) is 11.8 Å². The van der Waals surface area contributed by atoms with Gasteiger partial charge in [0.2, 0.25) is 0 Å². The summed E-state index contributed by atoms with van der Waals surface area (Å²) in [5.74, 6) is 1.99. The highest BCUT2D eigenvalue weighted by molar-refractivity contribution is 4.63. The van der Waals surface area contributed by atoms with Gasteiger partial charge in [-0.05, 0) is 18.3 Å². The monoisotopic (exact) mass is 140 g/mol. The maximum atomic E-state index is 2.40. The quantitative estimate of drug-likeness (QED) is 0.482. The van der Waals surface area contributed by atoms with Crippen molar-refractivity contribution in [3.8, 4) is 0 Å². The molecule has 0 bridgehead atoms. The van der Waals surface area contributed by atoms with Gasteiger partial charge in [-0.2, -0.15) is 0 Å². The van der Waals surface area contributed by atoms with Gasteiger partial charge in [0.1, 0.15) is 0 Å². The largest absolute Gasteiger partial charge is 0.0625 e. The zero-order valence-corrected chi connectivity index (χ0v) is 7.40. The van der Waals surface area contributed by atoms with Crippen molar-refractivity contribution in [2.45, 2.75) is 52.4 Å². The Morgan fingerprint density at radius 3 is 1.80 bits per heavy atom. The zero-order valence-electron chi connectivity index (χ0n) is 7.40. The van der Waals surface area contributed by atoms with E-state index in [1.165, 1.54) is 38.5 Å². The van der Waals surface area contributed by atoms with Crippen molar-refractivity contribution in [3.05, 3.63) is 0 Å². The first-order chi connectivity index (χ1) is 4.79. The van der Waals surface area contributed by atoms with Crippen LogP contribution in [0.5, 0.6) is 0 Å². The Morgan fingerprint density at radius 1 is 0.800 bits per heavy atom. The standard InChI is InChI=1S/C10H20/c1-9-6-4-3-5-7-10(2)8-9/h9-10H,3-8H2,1-2H3. The Bertz CT molecular complexity index is 76.0. The lowest BCUT2D eigenvalue weighted by atomic mass is 9.86. The van der Waals surface area contributed by atoms with Gasteiger partial charge in [0, 0.05) is 0 Å². The van der Waals surface area contributed by atoms with Crippen LogP contribution in [0.2, 0.25) is 0 Å². The molecule has 1 aliphatic rings. The maximum Gasteiger partial charge on any atom is -0.0440 e. The molecule has 0 aliphatic heterocycles. The molecule has 0 saturated heterocycles. The van der Waals surface area contributed by atoms with Gasteiger partial charge < -0.3 is 0 Å². The molecular formula is C10H20. The van der Waals surface area contributed by atoms with Crippen molar-refractivity contribution >= 4 is 0 Å². The van der Waals surface area contributed by atoms with Crippen LogP contribution in [0.3, 0.4) is 0 Å². The van der Waals surface area contributed by atoms with Gasteiger partial charge in [-0.15, -0.1) is 0 Å². The van der Waals surface area contributed by atoms with E-state index in [-0.39, 0.29) is 0 Å². The summed E-state index contributed by atoms with van der Waals surface area (Å²) >= 11 is 0. The van der Waals surface area contributed by atoms with E-state index in [1.54, 1.807) is 0 Å². The summed E-state index contributed by atoms with van der Waals surface area (Å²) < 4.78 is 0. The van der Waals surface area contributed by atoms with E-state index in [2.05, 4.69) is 13.8 Å². The lowest BCUT2D eigenvalue weighted by Crippen LogP contribution is -2.06. The topological polar surface area (TPSA) is 0 Å². The van der Waals surface area contributed by atoms with E-state index in [1.807, 2.05) is 0 Å². The minimum absolute atomic E-state index is 0.996. The average molecular weight is 140 g/mol. The van der Waals surface area contributed by atoms with Crippen LogP contribution < -0.4 is 0 Å². The summed E-state index contributed by atoms with van der Waals surface area (Å²) in [6.07, 6.45) is 8.87. The van der Waals surface area contributed by atoms with Crippen LogP contribution in [-0.2, 0) is 0 Å². The summed E-state index contributed by atoms with van der Waals surface area (Å²) in [5, 5.41) is 0. The predicted molar refractivity (Wildman–Crippen MR) is 46.0 cm³/mol. The molecule has 0 radical (unpaired) electrons. The summed E-state index contributed by atoms with van der Waals surface area (Å²) in [6.45, 7) is 4.81. The van der Waals surface area contributed by atoms with Gasteiger partial charge in [0.05, 0.1) is 0 Å². The number of rotatable bonds is 0. The average Bonchev–Trinajstić information content (AvgIpc) is 1.83. The highest BCUT2D eigenvalue weighted by atomic mass is 14.2. The Morgan fingerprint density at radius 2 is 1.30 bits per heavy atom. The first-order valence-electron chi connectivity index (χ1n) is 4.79. The molecule has 0 aromatic heterocycles. The van der Waals surface area contributed by atoms with E-state index in [0.29, 0.717) is 0 Å². The lowest BCUT2D eigenvalue weighted by molar-refractivity contribution is 0.329. The van der Waals surface area contributed by atoms with Crippen LogP contribution >= 0.6 is 0 Å². The Hall–Kier alpha value is 0. The summed E-state index contributed by atoms with van der Waals surface area (Å²) in [5.41, 5.74) is 0. The number of hydrogen-bond donors (Lipinski definition) is 0. The van der Waals surface area contributed by atoms with Crippen LogP contribution in [0.15, 0.2) is 0 Å². The fourth-order valence-corrected chi connectivity index (χ4v) is 2.08. The van der Waals surface area contributed by atoms with Gasteiger partial charge in [0.25, 0.3) is 0 Å². The second-order valence-electron chi connectivity index (χ2n) is 4.08. The molecule has 0 spiro atoms. The Labute approximate surface area is 65.0 Å². The van der Waals surface area contributed by atoms with E-state index < -0.39 is 0 Å². The normalized spacial score (nSPS) is 36.6. The minimum atomic E-state index is 0.996. The van der Waals surface area contributed by atoms with Crippen LogP contribution in [0.4, 0.5) is 0 Å². The summed E-state index contributed by atoms with van der Waals surface area (Å²) in [4.78, 5) is 0. The van der Waals surface area contributed by atoms with Crippen molar-refractivity contribution in [1.82, 2.24) is 0 Å². The van der Waals surface area contributed by atoms with Crippen molar-refractivity contribution < 1.29 is 0 Å². The summed E-state index contributed by atoms with van der Waals surface area (Å²) in [7, 11) is 0. The van der Waals surface area contributed by atoms with Crippen LogP contribution in [0.1, 0.15) is 52.4 Å². The van der Waals surface area contributed by atoms with E-state index in [4.69, 9.17) is 0 Å². The fraction of sp³-hybridized carbons (Fsp3) is 1.00. The highest BCUT2D eigenvalue weighted by Crippen LogP contribution is 2.25. The van der Waals surface area contributed by atoms with Crippen LogP contribution in [-0.4, -0.2) is 0 Å². The van der Waals surface area contributed by atoms with Crippen molar-refractivity contribution in [3.63, 3.8) is 0 Å². The van der Waals surface area contributed by atoms with Gasteiger partial charge in [-0.25, -0.2) is 0 Å². The van der Waals surface area contributed by atoms with Crippen molar-refractivity contribution in [2.24, 2.45) is 11.8 Å². The second-order valence-corrected chi connectivity index (χ2v) is 4.08. The van der Waals surface area contributed by atoms with Gasteiger partial charge in [0.15, 0.2) is 0 Å². The molecule has 0 heteroatoms. The summed E-state index contributed by atoms with van der Waals surface area (Å²) in [6, 6.07) is 0. The van der Waals surface area contributed by atoms with Crippen LogP contribution in [0.25, 0.3) is 0 Å². The molecule has 60 valence electrons. The highest BCUT2D eigenvalue weighted by Gasteiger charge is 2.11. The smallest absolute Gasteiger partial charge is 0.0440 e. The molecule has 1 aliphatic carbocycles. The van der Waals surface area contributed by atoms with E-state index in [0.717, 1.165) is 11.8 Å². The van der Waals surface area contributed by atoms with Crippen molar-refractivity contribution in [2.75, 3.05) is 0 Å². The van der Waals surface area contributed by atoms with Crippen molar-refractivity contribution in [1.29, 1.82) is 0 Å². The van der Waals surface area contributed by atoms with E-state index in [9.17, 15) is 0 Å².